The van der Waals surface area contributed by atoms with Crippen molar-refractivity contribution in [3.8, 4) is 0 Å². The van der Waals surface area contributed by atoms with Crippen molar-refractivity contribution in [1.29, 1.82) is 0 Å². The molecule has 2 unspecified atom stereocenters. The Labute approximate surface area is 79.8 Å². The molecular weight excluding hydrogens is 251 g/mol. The number of fused-ring (bicyclic) bond motifs is 1. The van der Waals surface area contributed by atoms with Crippen LogP contribution in [0.5, 0.6) is 0 Å². The van der Waals surface area contributed by atoms with E-state index in [4.69, 9.17) is 0 Å². The summed E-state index contributed by atoms with van der Waals surface area (Å²) >= 11 is 2.38. The normalized spacial score (nSPS) is 34.0. The number of hydrogen-bond acceptors (Lipinski definition) is 2. The average molecular weight is 260 g/mol. The van der Waals surface area contributed by atoms with Crippen LogP contribution in [0.3, 0.4) is 0 Å². The Bertz CT molecular complexity index is 255. The van der Waals surface area contributed by atoms with E-state index in [0.29, 0.717) is 12.1 Å². The van der Waals surface area contributed by atoms with Gasteiger partial charge in [0.05, 0.1) is 5.92 Å². The van der Waals surface area contributed by atoms with Gasteiger partial charge in [-0.15, -0.1) is 0 Å². The molecule has 0 aromatic heterocycles. The summed E-state index contributed by atoms with van der Waals surface area (Å²) in [6.45, 7) is 0. The molecule has 2 aliphatic rings. The molecule has 0 spiro atoms. The number of rotatable bonds is 0. The summed E-state index contributed by atoms with van der Waals surface area (Å²) in [7, 11) is 2.06. The summed E-state index contributed by atoms with van der Waals surface area (Å²) in [6.07, 6.45) is 8.61. The highest BCUT2D eigenvalue weighted by molar-refractivity contribution is 14.1. The van der Waals surface area contributed by atoms with E-state index in [1.807, 2.05) is 6.21 Å². The van der Waals surface area contributed by atoms with Crippen LogP contribution in [0.25, 0.3) is 0 Å². The van der Waals surface area contributed by atoms with E-state index in [1.165, 1.54) is 3.58 Å². The van der Waals surface area contributed by atoms with Crippen molar-refractivity contribution in [3.05, 3.63) is 21.9 Å². The fourth-order valence-electron chi connectivity index (χ4n) is 1.42. The first-order chi connectivity index (χ1) is 5.29. The maximum absolute atomic E-state index is 4.38. The summed E-state index contributed by atoms with van der Waals surface area (Å²) in [5, 5.41) is 0. The fraction of sp³-hybridized carbons (Fsp3) is 0.375. The summed E-state index contributed by atoms with van der Waals surface area (Å²) in [4.78, 5) is 6.53. The molecule has 0 aliphatic carbocycles. The van der Waals surface area contributed by atoms with E-state index in [1.54, 1.807) is 0 Å². The number of aliphatic imine (C=N–C) groups is 1. The first-order valence-corrected chi connectivity index (χ1v) is 4.66. The van der Waals surface area contributed by atoms with Gasteiger partial charge in [0.2, 0.25) is 0 Å². The first kappa shape index (κ1) is 7.34. The lowest BCUT2D eigenvalue weighted by atomic mass is 10.1. The molecule has 58 valence electrons. The monoisotopic (exact) mass is 260 g/mol. The highest BCUT2D eigenvalue weighted by atomic mass is 127. The SMILES string of the molecule is CN1C=CC2C(I)=CC=NC21. The Kier molecular flexibility index (Phi) is 1.75. The Morgan fingerprint density at radius 1 is 1.64 bits per heavy atom. The molecule has 0 aromatic rings. The van der Waals surface area contributed by atoms with Gasteiger partial charge in [0.1, 0.15) is 6.17 Å². The molecule has 0 saturated heterocycles. The smallest absolute Gasteiger partial charge is 0.131 e. The van der Waals surface area contributed by atoms with E-state index in [9.17, 15) is 0 Å². The Morgan fingerprint density at radius 2 is 2.45 bits per heavy atom. The zero-order valence-corrected chi connectivity index (χ0v) is 8.39. The molecule has 2 heterocycles. The van der Waals surface area contributed by atoms with Crippen molar-refractivity contribution in [2.45, 2.75) is 6.17 Å². The number of nitrogens with zero attached hydrogens (tertiary/aromatic N) is 2. The minimum Gasteiger partial charge on any atom is -0.359 e. The van der Waals surface area contributed by atoms with Gasteiger partial charge in [-0.3, -0.25) is 4.99 Å². The molecular formula is C8H9IN2. The molecule has 3 heteroatoms. The first-order valence-electron chi connectivity index (χ1n) is 3.58. The van der Waals surface area contributed by atoms with Crippen molar-refractivity contribution < 1.29 is 0 Å². The lowest BCUT2D eigenvalue weighted by molar-refractivity contribution is 0.334. The Hall–Kier alpha value is -0.320. The van der Waals surface area contributed by atoms with E-state index >= 15 is 0 Å². The van der Waals surface area contributed by atoms with Crippen LogP contribution in [-0.4, -0.2) is 24.3 Å². The van der Waals surface area contributed by atoms with Gasteiger partial charge in [0.15, 0.2) is 0 Å². The van der Waals surface area contributed by atoms with E-state index in [-0.39, 0.29) is 0 Å². The van der Waals surface area contributed by atoms with Crippen molar-refractivity contribution in [2.24, 2.45) is 10.9 Å². The van der Waals surface area contributed by atoms with Crippen LogP contribution in [0, 0.1) is 5.92 Å². The fourth-order valence-corrected chi connectivity index (χ4v) is 2.11. The standard InChI is InChI=1S/C8H9IN2/c1-11-5-3-6-7(9)2-4-10-8(6)11/h2-6,8H,1H3. The number of halogens is 1. The zero-order valence-electron chi connectivity index (χ0n) is 6.24. The van der Waals surface area contributed by atoms with Gasteiger partial charge in [0.25, 0.3) is 0 Å². The molecule has 2 atom stereocenters. The third-order valence-electron chi connectivity index (χ3n) is 2.06. The van der Waals surface area contributed by atoms with Gasteiger partial charge >= 0.3 is 0 Å². The second-order valence-corrected chi connectivity index (χ2v) is 4.04. The summed E-state index contributed by atoms with van der Waals surface area (Å²) in [5.74, 6) is 0.505. The van der Waals surface area contributed by atoms with Crippen LogP contribution in [0.1, 0.15) is 0 Å². The third kappa shape index (κ3) is 1.11. The highest BCUT2D eigenvalue weighted by Gasteiger charge is 2.29. The van der Waals surface area contributed by atoms with Crippen LogP contribution in [0.2, 0.25) is 0 Å². The predicted molar refractivity (Wildman–Crippen MR) is 54.8 cm³/mol. The van der Waals surface area contributed by atoms with Crippen LogP contribution in [-0.2, 0) is 0 Å². The molecule has 0 fully saturated rings. The number of dihydropyridines is 1. The van der Waals surface area contributed by atoms with Gasteiger partial charge < -0.3 is 4.90 Å². The van der Waals surface area contributed by atoms with Crippen molar-refractivity contribution in [3.63, 3.8) is 0 Å². The summed E-state index contributed by atoms with van der Waals surface area (Å²) in [6, 6.07) is 0. The van der Waals surface area contributed by atoms with Gasteiger partial charge in [-0.2, -0.15) is 0 Å². The largest absolute Gasteiger partial charge is 0.359 e. The van der Waals surface area contributed by atoms with Gasteiger partial charge in [-0.1, -0.05) is 6.08 Å². The Balaban J connectivity index is 2.30. The molecule has 2 nitrogen and oxygen atoms in total. The lowest BCUT2D eigenvalue weighted by Crippen LogP contribution is -2.28. The molecule has 2 aliphatic heterocycles. The second-order valence-electron chi connectivity index (χ2n) is 2.80. The van der Waals surface area contributed by atoms with Crippen LogP contribution in [0.15, 0.2) is 26.9 Å². The van der Waals surface area contributed by atoms with Crippen molar-refractivity contribution >= 4 is 28.8 Å². The van der Waals surface area contributed by atoms with Gasteiger partial charge in [-0.25, -0.2) is 0 Å². The number of allylic oxidation sites excluding steroid dienone is 1. The molecule has 11 heavy (non-hydrogen) atoms. The molecule has 0 amide bonds. The Morgan fingerprint density at radius 3 is 3.18 bits per heavy atom. The summed E-state index contributed by atoms with van der Waals surface area (Å²) in [5.41, 5.74) is 0. The van der Waals surface area contributed by atoms with Gasteiger partial charge in [0, 0.05) is 16.8 Å². The quantitative estimate of drug-likeness (QED) is 0.606. The van der Waals surface area contributed by atoms with E-state index < -0.39 is 0 Å². The average Bonchev–Trinajstić information content (AvgIpc) is 2.35. The molecule has 0 N–H and O–H groups in total. The molecule has 2 rings (SSSR count). The van der Waals surface area contributed by atoms with E-state index in [0.717, 1.165) is 0 Å². The maximum Gasteiger partial charge on any atom is 0.131 e. The highest BCUT2D eigenvalue weighted by Crippen LogP contribution is 2.32. The molecule has 0 bridgehead atoms. The van der Waals surface area contributed by atoms with Crippen molar-refractivity contribution in [1.82, 2.24) is 4.90 Å². The maximum atomic E-state index is 4.38. The van der Waals surface area contributed by atoms with Crippen LogP contribution < -0.4 is 0 Å². The lowest BCUT2D eigenvalue weighted by Gasteiger charge is -2.24. The summed E-state index contributed by atoms with van der Waals surface area (Å²) < 4.78 is 1.38. The minimum absolute atomic E-state index is 0.326. The van der Waals surface area contributed by atoms with E-state index in [2.05, 4.69) is 57.9 Å². The zero-order chi connectivity index (χ0) is 7.84. The molecule has 0 radical (unpaired) electrons. The van der Waals surface area contributed by atoms with Gasteiger partial charge in [-0.05, 0) is 34.9 Å². The van der Waals surface area contributed by atoms with Crippen molar-refractivity contribution in [2.75, 3.05) is 7.05 Å². The minimum atomic E-state index is 0.326. The predicted octanol–water partition coefficient (Wildman–Crippen LogP) is 1.79. The van der Waals surface area contributed by atoms with Crippen LogP contribution in [0.4, 0.5) is 0 Å². The molecule has 0 aromatic carbocycles. The molecule has 0 saturated carbocycles. The van der Waals surface area contributed by atoms with Crippen LogP contribution >= 0.6 is 22.6 Å². The second kappa shape index (κ2) is 2.62. The topological polar surface area (TPSA) is 15.6 Å². The number of hydrogen-bond donors (Lipinski definition) is 0. The third-order valence-corrected chi connectivity index (χ3v) is 3.14.